The molecule has 1 amide bonds. The summed E-state index contributed by atoms with van der Waals surface area (Å²) < 4.78 is 13.9. The average Bonchev–Trinajstić information content (AvgIpc) is 2.44. The fourth-order valence-corrected chi connectivity index (χ4v) is 2.80. The molecule has 4 nitrogen and oxygen atoms in total. The maximum Gasteiger partial charge on any atom is 0.254 e. The Balaban J connectivity index is 1.85. The van der Waals surface area contributed by atoms with Crippen LogP contribution in [0.15, 0.2) is 12.1 Å². The molecule has 0 saturated carbocycles. The van der Waals surface area contributed by atoms with Gasteiger partial charge in [-0.25, -0.2) is 4.39 Å². The molecule has 2 rings (SSSR count). The topological polar surface area (TPSA) is 58.4 Å². The Morgan fingerprint density at radius 1 is 1.43 bits per heavy atom. The normalized spacial score (nSPS) is 16.9. The number of nitrogens with zero attached hydrogens (tertiary/aromatic N) is 1. The highest BCUT2D eigenvalue weighted by Crippen LogP contribution is 2.19. The van der Waals surface area contributed by atoms with E-state index in [-0.39, 0.29) is 11.5 Å². The minimum atomic E-state index is -0.485. The van der Waals surface area contributed by atoms with E-state index in [9.17, 15) is 9.18 Å². The highest BCUT2D eigenvalue weighted by atomic mass is 19.1. The molecule has 0 spiro atoms. The summed E-state index contributed by atoms with van der Waals surface area (Å²) in [6.07, 6.45) is 3.28. The molecule has 0 radical (unpaired) electrons. The van der Waals surface area contributed by atoms with Gasteiger partial charge in [-0.15, -0.1) is 0 Å². The summed E-state index contributed by atoms with van der Waals surface area (Å²) in [5.74, 6) is -0.217. The number of nitrogens with two attached hydrogens (primary N) is 1. The lowest BCUT2D eigenvalue weighted by molar-refractivity contribution is 0.0944. The van der Waals surface area contributed by atoms with Crippen LogP contribution in [0.25, 0.3) is 0 Å². The molecule has 1 aromatic rings. The van der Waals surface area contributed by atoms with Crippen molar-refractivity contribution in [3.63, 3.8) is 0 Å². The third kappa shape index (κ3) is 4.17. The molecular formula is C16H24FN3O. The Kier molecular flexibility index (Phi) is 5.17. The molecule has 0 atom stereocenters. The summed E-state index contributed by atoms with van der Waals surface area (Å²) in [4.78, 5) is 14.4. The van der Waals surface area contributed by atoms with E-state index in [4.69, 9.17) is 5.73 Å². The van der Waals surface area contributed by atoms with Crippen LogP contribution < -0.4 is 11.1 Å². The Morgan fingerprint density at radius 3 is 2.76 bits per heavy atom. The molecule has 21 heavy (non-hydrogen) atoms. The molecule has 1 aliphatic rings. The number of hydrogen-bond acceptors (Lipinski definition) is 3. The second kappa shape index (κ2) is 6.89. The van der Waals surface area contributed by atoms with E-state index >= 15 is 0 Å². The zero-order valence-electron chi connectivity index (χ0n) is 12.8. The van der Waals surface area contributed by atoms with Crippen LogP contribution in [0, 0.1) is 18.7 Å². The molecule has 0 unspecified atom stereocenters. The first-order chi connectivity index (χ1) is 9.97. The number of rotatable bonds is 4. The van der Waals surface area contributed by atoms with Gasteiger partial charge in [0.05, 0.1) is 5.56 Å². The van der Waals surface area contributed by atoms with Crippen molar-refractivity contribution in [2.75, 3.05) is 32.4 Å². The third-order valence-corrected chi connectivity index (χ3v) is 4.20. The summed E-state index contributed by atoms with van der Waals surface area (Å²) in [5.41, 5.74) is 6.52. The number of benzene rings is 1. The maximum absolute atomic E-state index is 13.9. The van der Waals surface area contributed by atoms with Crippen LogP contribution in [0.4, 0.5) is 10.1 Å². The SMILES string of the molecule is Cc1cc(N)cc(C(=O)NCCC2CCN(C)CC2)c1F. The standard InChI is InChI=1S/C16H24FN3O/c1-11-9-13(18)10-14(15(11)17)16(21)19-6-3-12-4-7-20(2)8-5-12/h9-10,12H,3-8,18H2,1-2H3,(H,19,21). The first-order valence-electron chi connectivity index (χ1n) is 7.49. The minimum Gasteiger partial charge on any atom is -0.399 e. The van der Waals surface area contributed by atoms with E-state index in [1.165, 1.54) is 12.1 Å². The van der Waals surface area contributed by atoms with E-state index in [1.807, 2.05) is 0 Å². The molecule has 0 bridgehead atoms. The zero-order chi connectivity index (χ0) is 15.4. The van der Waals surface area contributed by atoms with Crippen molar-refractivity contribution in [3.8, 4) is 0 Å². The van der Waals surface area contributed by atoms with Gasteiger partial charge in [0.25, 0.3) is 5.91 Å². The van der Waals surface area contributed by atoms with Gasteiger partial charge in [0.15, 0.2) is 0 Å². The predicted octanol–water partition coefficient (Wildman–Crippen LogP) is 2.18. The van der Waals surface area contributed by atoms with Crippen LogP contribution in [0.1, 0.15) is 35.2 Å². The smallest absolute Gasteiger partial charge is 0.254 e. The van der Waals surface area contributed by atoms with E-state index in [2.05, 4.69) is 17.3 Å². The number of likely N-dealkylation sites (tertiary alicyclic amines) is 1. The number of anilines is 1. The third-order valence-electron chi connectivity index (χ3n) is 4.20. The molecule has 1 fully saturated rings. The van der Waals surface area contributed by atoms with Gasteiger partial charge < -0.3 is 16.0 Å². The van der Waals surface area contributed by atoms with E-state index in [1.54, 1.807) is 6.92 Å². The van der Waals surface area contributed by atoms with Crippen molar-refractivity contribution in [1.82, 2.24) is 10.2 Å². The van der Waals surface area contributed by atoms with Crippen molar-refractivity contribution in [3.05, 3.63) is 29.1 Å². The number of amides is 1. The number of halogens is 1. The highest BCUT2D eigenvalue weighted by molar-refractivity contribution is 5.95. The molecular weight excluding hydrogens is 269 g/mol. The van der Waals surface area contributed by atoms with E-state index in [0.29, 0.717) is 23.7 Å². The van der Waals surface area contributed by atoms with Gasteiger partial charge in [0, 0.05) is 12.2 Å². The fourth-order valence-electron chi connectivity index (χ4n) is 2.80. The molecule has 116 valence electrons. The highest BCUT2D eigenvalue weighted by Gasteiger charge is 2.18. The molecule has 3 N–H and O–H groups in total. The second-order valence-electron chi connectivity index (χ2n) is 5.99. The number of piperidine rings is 1. The number of aryl methyl sites for hydroxylation is 1. The van der Waals surface area contributed by atoms with Gasteiger partial charge >= 0.3 is 0 Å². The molecule has 0 aliphatic carbocycles. The van der Waals surface area contributed by atoms with Gasteiger partial charge in [-0.2, -0.15) is 0 Å². The Bertz CT molecular complexity index is 510. The van der Waals surface area contributed by atoms with Crippen LogP contribution in [-0.4, -0.2) is 37.5 Å². The number of nitrogens with one attached hydrogen (secondary N) is 1. The Labute approximate surface area is 125 Å². The summed E-state index contributed by atoms with van der Waals surface area (Å²) in [6, 6.07) is 2.93. The molecule has 1 aromatic carbocycles. The van der Waals surface area contributed by atoms with Crippen LogP contribution >= 0.6 is 0 Å². The Hall–Kier alpha value is -1.62. The summed E-state index contributed by atoms with van der Waals surface area (Å²) in [7, 11) is 2.13. The van der Waals surface area contributed by atoms with Gasteiger partial charge in [-0.05, 0) is 69.9 Å². The minimum absolute atomic E-state index is 0.0378. The summed E-state index contributed by atoms with van der Waals surface area (Å²) >= 11 is 0. The average molecular weight is 293 g/mol. The maximum atomic E-state index is 13.9. The van der Waals surface area contributed by atoms with Crippen LogP contribution in [0.2, 0.25) is 0 Å². The van der Waals surface area contributed by atoms with Crippen LogP contribution in [-0.2, 0) is 0 Å². The zero-order valence-corrected chi connectivity index (χ0v) is 12.8. The Morgan fingerprint density at radius 2 is 2.10 bits per heavy atom. The summed E-state index contributed by atoms with van der Waals surface area (Å²) in [5, 5.41) is 2.80. The van der Waals surface area contributed by atoms with Crippen molar-refractivity contribution >= 4 is 11.6 Å². The molecule has 1 saturated heterocycles. The number of carbonyl (C=O) groups is 1. The van der Waals surface area contributed by atoms with Gasteiger partial charge in [0.2, 0.25) is 0 Å². The molecule has 1 heterocycles. The molecule has 5 heteroatoms. The van der Waals surface area contributed by atoms with E-state index < -0.39 is 5.82 Å². The number of hydrogen-bond donors (Lipinski definition) is 2. The van der Waals surface area contributed by atoms with Crippen molar-refractivity contribution in [2.45, 2.75) is 26.2 Å². The number of carbonyl (C=O) groups excluding carboxylic acids is 1. The lowest BCUT2D eigenvalue weighted by atomic mass is 9.94. The van der Waals surface area contributed by atoms with Gasteiger partial charge in [-0.1, -0.05) is 0 Å². The van der Waals surface area contributed by atoms with Crippen LogP contribution in [0.5, 0.6) is 0 Å². The van der Waals surface area contributed by atoms with Crippen LogP contribution in [0.3, 0.4) is 0 Å². The summed E-state index contributed by atoms with van der Waals surface area (Å²) in [6.45, 7) is 4.42. The van der Waals surface area contributed by atoms with Crippen molar-refractivity contribution < 1.29 is 9.18 Å². The van der Waals surface area contributed by atoms with Gasteiger partial charge in [0.1, 0.15) is 5.82 Å². The number of nitrogen functional groups attached to an aromatic ring is 1. The fraction of sp³-hybridized carbons (Fsp3) is 0.562. The monoisotopic (exact) mass is 293 g/mol. The first kappa shape index (κ1) is 15.8. The quantitative estimate of drug-likeness (QED) is 0.837. The van der Waals surface area contributed by atoms with Crippen molar-refractivity contribution in [1.29, 1.82) is 0 Å². The second-order valence-corrected chi connectivity index (χ2v) is 5.99. The predicted molar refractivity (Wildman–Crippen MR) is 82.7 cm³/mol. The lowest BCUT2D eigenvalue weighted by Gasteiger charge is -2.28. The first-order valence-corrected chi connectivity index (χ1v) is 7.49. The molecule has 1 aliphatic heterocycles. The largest absolute Gasteiger partial charge is 0.399 e. The van der Waals surface area contributed by atoms with Crippen molar-refractivity contribution in [2.24, 2.45) is 5.92 Å². The lowest BCUT2D eigenvalue weighted by Crippen LogP contribution is -2.33. The van der Waals surface area contributed by atoms with Gasteiger partial charge in [-0.3, -0.25) is 4.79 Å². The molecule has 0 aromatic heterocycles. The van der Waals surface area contributed by atoms with E-state index in [0.717, 1.165) is 32.4 Å².